The van der Waals surface area contributed by atoms with E-state index in [1.807, 2.05) is 18.2 Å². The van der Waals surface area contributed by atoms with Crippen LogP contribution in [0.4, 0.5) is 10.1 Å². The molecule has 1 heterocycles. The molecule has 0 atom stereocenters. The molecule has 0 amide bonds. The zero-order valence-corrected chi connectivity index (χ0v) is 11.9. The number of nitrogens with two attached hydrogens (primary N) is 1. The van der Waals surface area contributed by atoms with Crippen molar-refractivity contribution in [2.45, 2.75) is 0 Å². The Bertz CT molecular complexity index is 826. The van der Waals surface area contributed by atoms with E-state index in [1.54, 1.807) is 6.20 Å². The quantitative estimate of drug-likeness (QED) is 0.552. The summed E-state index contributed by atoms with van der Waals surface area (Å²) in [6, 6.07) is 9.53. The van der Waals surface area contributed by atoms with E-state index in [0.717, 1.165) is 15.4 Å². The van der Waals surface area contributed by atoms with Gasteiger partial charge in [-0.1, -0.05) is 15.9 Å². The van der Waals surface area contributed by atoms with Crippen LogP contribution in [-0.4, -0.2) is 10.8 Å². The van der Waals surface area contributed by atoms with E-state index < -0.39 is 5.82 Å². The van der Waals surface area contributed by atoms with E-state index in [4.69, 9.17) is 5.73 Å². The lowest BCUT2D eigenvalue weighted by molar-refractivity contribution is 0.103. The van der Waals surface area contributed by atoms with Crippen molar-refractivity contribution in [2.75, 3.05) is 5.73 Å². The number of H-pyrrole nitrogens is 1. The number of nitrogens with one attached hydrogen (secondary N) is 1. The van der Waals surface area contributed by atoms with Crippen molar-refractivity contribution in [3.63, 3.8) is 0 Å². The summed E-state index contributed by atoms with van der Waals surface area (Å²) in [6.07, 6.45) is 1.59. The average Bonchev–Trinajstić information content (AvgIpc) is 2.83. The van der Waals surface area contributed by atoms with Gasteiger partial charge in [-0.05, 0) is 36.4 Å². The number of carbonyl (C=O) groups is 1. The number of aromatic nitrogens is 1. The summed E-state index contributed by atoms with van der Waals surface area (Å²) in [5, 5.41) is 0.742. The van der Waals surface area contributed by atoms with Crippen LogP contribution >= 0.6 is 15.9 Å². The number of anilines is 1. The average molecular weight is 333 g/mol. The summed E-state index contributed by atoms with van der Waals surface area (Å²) in [5.41, 5.74) is 7.20. The molecule has 0 aliphatic rings. The lowest BCUT2D eigenvalue weighted by Crippen LogP contribution is -2.04. The second-order valence-electron chi connectivity index (χ2n) is 4.46. The van der Waals surface area contributed by atoms with E-state index in [0.29, 0.717) is 11.3 Å². The molecule has 20 heavy (non-hydrogen) atoms. The van der Waals surface area contributed by atoms with Crippen molar-refractivity contribution in [1.82, 2.24) is 4.98 Å². The van der Waals surface area contributed by atoms with Gasteiger partial charge < -0.3 is 10.7 Å². The molecule has 3 nitrogen and oxygen atoms in total. The Morgan fingerprint density at radius 2 is 1.95 bits per heavy atom. The molecule has 0 bridgehead atoms. The SMILES string of the molecule is Nc1ccc(F)c(C(=O)c2c[nH]c3ccc(Br)cc23)c1. The van der Waals surface area contributed by atoms with Crippen LogP contribution in [0.1, 0.15) is 15.9 Å². The lowest BCUT2D eigenvalue weighted by Gasteiger charge is -2.03. The molecule has 1 aromatic heterocycles. The summed E-state index contributed by atoms with van der Waals surface area (Å²) in [7, 11) is 0. The zero-order valence-electron chi connectivity index (χ0n) is 10.3. The van der Waals surface area contributed by atoms with E-state index >= 15 is 0 Å². The predicted octanol–water partition coefficient (Wildman–Crippen LogP) is 3.88. The van der Waals surface area contributed by atoms with Crippen molar-refractivity contribution < 1.29 is 9.18 Å². The third kappa shape index (κ3) is 2.10. The van der Waals surface area contributed by atoms with Crippen LogP contribution < -0.4 is 5.73 Å². The third-order valence-electron chi connectivity index (χ3n) is 3.12. The van der Waals surface area contributed by atoms with Gasteiger partial charge in [0.05, 0.1) is 5.56 Å². The maximum Gasteiger partial charge on any atom is 0.198 e. The Morgan fingerprint density at radius 1 is 1.15 bits per heavy atom. The van der Waals surface area contributed by atoms with Crippen LogP contribution in [-0.2, 0) is 0 Å². The number of hydrogen-bond donors (Lipinski definition) is 2. The van der Waals surface area contributed by atoms with Crippen LogP contribution in [0.5, 0.6) is 0 Å². The minimum Gasteiger partial charge on any atom is -0.399 e. The highest BCUT2D eigenvalue weighted by Crippen LogP contribution is 2.26. The van der Waals surface area contributed by atoms with Gasteiger partial charge in [-0.15, -0.1) is 0 Å². The highest BCUT2D eigenvalue weighted by Gasteiger charge is 2.18. The molecule has 3 aromatic rings. The number of fused-ring (bicyclic) bond motifs is 1. The minimum atomic E-state index is -0.575. The first kappa shape index (κ1) is 12.9. The molecule has 0 saturated carbocycles. The molecular weight excluding hydrogens is 323 g/mol. The number of carbonyl (C=O) groups excluding carboxylic acids is 1. The van der Waals surface area contributed by atoms with Crippen molar-refractivity contribution in [2.24, 2.45) is 0 Å². The maximum atomic E-state index is 13.8. The first-order valence-corrected chi connectivity index (χ1v) is 6.72. The topological polar surface area (TPSA) is 58.9 Å². The van der Waals surface area contributed by atoms with E-state index in [-0.39, 0.29) is 11.3 Å². The molecule has 0 unspecified atom stereocenters. The molecule has 0 spiro atoms. The number of hydrogen-bond acceptors (Lipinski definition) is 2. The number of aromatic amines is 1. The molecule has 3 N–H and O–H groups in total. The van der Waals surface area contributed by atoms with Crippen molar-refractivity contribution in [3.8, 4) is 0 Å². The van der Waals surface area contributed by atoms with Crippen LogP contribution in [0, 0.1) is 5.82 Å². The van der Waals surface area contributed by atoms with E-state index in [2.05, 4.69) is 20.9 Å². The number of ketones is 1. The van der Waals surface area contributed by atoms with Gasteiger partial charge in [0, 0.05) is 32.8 Å². The Morgan fingerprint density at radius 3 is 2.75 bits per heavy atom. The second-order valence-corrected chi connectivity index (χ2v) is 5.38. The van der Waals surface area contributed by atoms with Crippen molar-refractivity contribution in [3.05, 3.63) is 64.0 Å². The van der Waals surface area contributed by atoms with Gasteiger partial charge in [0.2, 0.25) is 0 Å². The van der Waals surface area contributed by atoms with E-state index in [9.17, 15) is 9.18 Å². The monoisotopic (exact) mass is 332 g/mol. The summed E-state index contributed by atoms with van der Waals surface area (Å²) in [4.78, 5) is 15.5. The second kappa shape index (κ2) is 4.76. The Balaban J connectivity index is 2.17. The first-order valence-electron chi connectivity index (χ1n) is 5.92. The normalized spacial score (nSPS) is 10.9. The summed E-state index contributed by atoms with van der Waals surface area (Å²) in [5.74, 6) is -0.965. The maximum absolute atomic E-state index is 13.8. The van der Waals surface area contributed by atoms with Gasteiger partial charge in [0.1, 0.15) is 5.82 Å². The van der Waals surface area contributed by atoms with Gasteiger partial charge in [0.25, 0.3) is 0 Å². The molecule has 0 radical (unpaired) electrons. The van der Waals surface area contributed by atoms with E-state index in [1.165, 1.54) is 18.2 Å². The summed E-state index contributed by atoms with van der Waals surface area (Å²) >= 11 is 3.36. The van der Waals surface area contributed by atoms with Crippen molar-refractivity contribution in [1.29, 1.82) is 0 Å². The molecule has 5 heteroatoms. The third-order valence-corrected chi connectivity index (χ3v) is 3.62. The Labute approximate surface area is 122 Å². The lowest BCUT2D eigenvalue weighted by atomic mass is 10.0. The largest absolute Gasteiger partial charge is 0.399 e. The summed E-state index contributed by atoms with van der Waals surface area (Å²) in [6.45, 7) is 0. The molecule has 0 aliphatic carbocycles. The van der Waals surface area contributed by atoms with Crippen LogP contribution in [0.25, 0.3) is 10.9 Å². The smallest absolute Gasteiger partial charge is 0.198 e. The molecule has 0 fully saturated rings. The molecule has 2 aromatic carbocycles. The van der Waals surface area contributed by atoms with Gasteiger partial charge in [-0.3, -0.25) is 4.79 Å². The van der Waals surface area contributed by atoms with Gasteiger partial charge in [0.15, 0.2) is 5.78 Å². The number of halogens is 2. The highest BCUT2D eigenvalue weighted by atomic mass is 79.9. The standard InChI is InChI=1S/C15H10BrFN2O/c16-8-1-4-14-10(5-8)12(7-19-14)15(20)11-6-9(18)2-3-13(11)17/h1-7,19H,18H2. The molecule has 3 rings (SSSR count). The zero-order chi connectivity index (χ0) is 14.3. The van der Waals surface area contributed by atoms with Crippen LogP contribution in [0.2, 0.25) is 0 Å². The van der Waals surface area contributed by atoms with Gasteiger partial charge >= 0.3 is 0 Å². The van der Waals surface area contributed by atoms with Gasteiger partial charge in [-0.2, -0.15) is 0 Å². The fourth-order valence-corrected chi connectivity index (χ4v) is 2.50. The fourth-order valence-electron chi connectivity index (χ4n) is 2.14. The fraction of sp³-hybridized carbons (Fsp3) is 0. The molecule has 0 saturated heterocycles. The number of nitrogen functional groups attached to an aromatic ring is 1. The predicted molar refractivity (Wildman–Crippen MR) is 80.2 cm³/mol. The van der Waals surface area contributed by atoms with Crippen molar-refractivity contribution >= 4 is 38.3 Å². The Hall–Kier alpha value is -2.14. The van der Waals surface area contributed by atoms with Crippen LogP contribution in [0.15, 0.2) is 47.1 Å². The highest BCUT2D eigenvalue weighted by molar-refractivity contribution is 9.10. The Kier molecular flexibility index (Phi) is 3.06. The first-order chi connectivity index (χ1) is 9.56. The molecule has 100 valence electrons. The molecular formula is C15H10BrFN2O. The molecule has 0 aliphatic heterocycles. The van der Waals surface area contributed by atoms with Crippen LogP contribution in [0.3, 0.4) is 0 Å². The number of benzene rings is 2. The van der Waals surface area contributed by atoms with Gasteiger partial charge in [-0.25, -0.2) is 4.39 Å². The number of rotatable bonds is 2. The minimum absolute atomic E-state index is 0.0223. The summed E-state index contributed by atoms with van der Waals surface area (Å²) < 4.78 is 14.6.